The molecule has 1 aliphatic rings. The highest BCUT2D eigenvalue weighted by molar-refractivity contribution is 8.08. The third-order valence-electron chi connectivity index (χ3n) is 4.75. The van der Waals surface area contributed by atoms with Gasteiger partial charge in [0.25, 0.3) is 5.56 Å². The molecule has 4 rings (SSSR count). The fraction of sp³-hybridized carbons (Fsp3) is 0.238. The zero-order valence-electron chi connectivity index (χ0n) is 16.1. The van der Waals surface area contributed by atoms with E-state index in [0.717, 1.165) is 32.2 Å². The molecule has 0 aliphatic carbocycles. The van der Waals surface area contributed by atoms with Crippen LogP contribution in [0.25, 0.3) is 11.1 Å². The Labute approximate surface area is 189 Å². The quantitative estimate of drug-likeness (QED) is 0.339. The lowest BCUT2D eigenvalue weighted by Crippen LogP contribution is -3.00. The molecule has 3 heterocycles. The molecule has 28 heavy (non-hydrogen) atoms. The maximum Gasteiger partial charge on any atom is 0.271 e. The van der Waals surface area contributed by atoms with Gasteiger partial charge in [0.15, 0.2) is 6.20 Å². The lowest BCUT2D eigenvalue weighted by Gasteiger charge is -2.11. The van der Waals surface area contributed by atoms with Crippen molar-refractivity contribution < 1.29 is 28.5 Å². The van der Waals surface area contributed by atoms with E-state index >= 15 is 0 Å². The first-order valence-corrected chi connectivity index (χ1v) is 10.7. The Morgan fingerprint density at radius 1 is 1.11 bits per heavy atom. The summed E-state index contributed by atoms with van der Waals surface area (Å²) in [7, 11) is 2.04. The first kappa shape index (κ1) is 21.1. The summed E-state index contributed by atoms with van der Waals surface area (Å²) in [5, 5.41) is 1.02. The molecule has 2 aromatic heterocycles. The van der Waals surface area contributed by atoms with Gasteiger partial charge in [-0.1, -0.05) is 23.9 Å². The van der Waals surface area contributed by atoms with Gasteiger partial charge in [-0.25, -0.2) is 0 Å². The second kappa shape index (κ2) is 8.84. The minimum atomic E-state index is 0. The van der Waals surface area contributed by atoms with Crippen LogP contribution >= 0.6 is 23.1 Å². The largest absolute Gasteiger partial charge is 1.00 e. The van der Waals surface area contributed by atoms with Crippen molar-refractivity contribution in [1.29, 1.82) is 0 Å². The molecule has 0 fully saturated rings. The van der Waals surface area contributed by atoms with E-state index in [0.29, 0.717) is 6.54 Å². The second-order valence-electron chi connectivity index (χ2n) is 6.31. The number of halogens is 1. The van der Waals surface area contributed by atoms with Gasteiger partial charge in [0.05, 0.1) is 5.69 Å². The number of anilines is 1. The van der Waals surface area contributed by atoms with Crippen molar-refractivity contribution in [3.63, 3.8) is 0 Å². The summed E-state index contributed by atoms with van der Waals surface area (Å²) < 4.78 is 5.86. The Balaban J connectivity index is 0.00000225. The molecule has 1 aromatic carbocycles. The second-order valence-corrected chi connectivity index (χ2v) is 8.37. The van der Waals surface area contributed by atoms with E-state index < -0.39 is 0 Å². The van der Waals surface area contributed by atoms with Crippen LogP contribution in [0.15, 0.2) is 58.4 Å². The van der Waals surface area contributed by atoms with Crippen LogP contribution in [-0.2, 0) is 13.1 Å². The van der Waals surface area contributed by atoms with E-state index in [9.17, 15) is 4.79 Å². The molecule has 0 amide bonds. The number of thioether (sulfide) groups is 1. The summed E-state index contributed by atoms with van der Waals surface area (Å²) >= 11 is 3.26. The number of fused-ring (bicyclic) bond motifs is 1. The Morgan fingerprint density at radius 2 is 1.86 bits per heavy atom. The lowest BCUT2D eigenvalue weighted by atomic mass is 10.3. The van der Waals surface area contributed by atoms with Crippen molar-refractivity contribution in [1.82, 2.24) is 4.57 Å². The van der Waals surface area contributed by atoms with E-state index in [4.69, 9.17) is 0 Å². The standard InChI is InChI=1S/C21H22N3OS2.HI/c1-4-23-13-9-8-10-15(23)14-18-24(5-2)20(25)19(27-18)21-22(3)16-11-6-7-12-17(16)26-21;/h6-14H,4-5H2,1-3H3;1H/q+1;/p-1/b21-19+;. The molecule has 0 atom stereocenters. The van der Waals surface area contributed by atoms with Gasteiger partial charge in [-0.05, 0) is 32.0 Å². The number of hydrogen-bond acceptors (Lipinski definition) is 4. The minimum absolute atomic E-state index is 0. The summed E-state index contributed by atoms with van der Waals surface area (Å²) in [6.45, 7) is 5.71. The predicted molar refractivity (Wildman–Crippen MR) is 113 cm³/mol. The topological polar surface area (TPSA) is 29.1 Å². The van der Waals surface area contributed by atoms with Crippen LogP contribution in [0.4, 0.5) is 5.69 Å². The van der Waals surface area contributed by atoms with Gasteiger partial charge < -0.3 is 28.9 Å². The molecule has 4 nitrogen and oxygen atoms in total. The van der Waals surface area contributed by atoms with Gasteiger partial charge in [0.2, 0.25) is 5.69 Å². The Kier molecular flexibility index (Phi) is 6.67. The van der Waals surface area contributed by atoms with Crippen LogP contribution in [-0.4, -0.2) is 11.6 Å². The maximum atomic E-state index is 13.1. The van der Waals surface area contributed by atoms with Crippen molar-refractivity contribution in [2.45, 2.75) is 31.8 Å². The number of hydrogen-bond donors (Lipinski definition) is 0. The molecule has 1 aliphatic heterocycles. The van der Waals surface area contributed by atoms with Gasteiger partial charge in [0.1, 0.15) is 20.8 Å². The van der Waals surface area contributed by atoms with Crippen molar-refractivity contribution in [2.24, 2.45) is 0 Å². The van der Waals surface area contributed by atoms with Gasteiger partial charge in [-0.2, -0.15) is 4.57 Å². The van der Waals surface area contributed by atoms with Crippen LogP contribution in [0.2, 0.25) is 0 Å². The summed E-state index contributed by atoms with van der Waals surface area (Å²) in [6.07, 6.45) is 4.19. The molecule has 0 N–H and O–H groups in total. The molecule has 0 bridgehead atoms. The highest BCUT2D eigenvalue weighted by Crippen LogP contribution is 2.44. The van der Waals surface area contributed by atoms with Crippen LogP contribution < -0.4 is 48.2 Å². The van der Waals surface area contributed by atoms with Gasteiger partial charge in [-0.3, -0.25) is 9.36 Å². The monoisotopic (exact) mass is 523 g/mol. The van der Waals surface area contributed by atoms with E-state index in [1.165, 1.54) is 4.90 Å². The van der Waals surface area contributed by atoms with E-state index in [-0.39, 0.29) is 29.5 Å². The average molecular weight is 523 g/mol. The lowest BCUT2D eigenvalue weighted by molar-refractivity contribution is -0.695. The smallest absolute Gasteiger partial charge is 0.271 e. The van der Waals surface area contributed by atoms with Crippen molar-refractivity contribution >= 4 is 39.9 Å². The fourth-order valence-corrected chi connectivity index (χ4v) is 5.77. The van der Waals surface area contributed by atoms with Gasteiger partial charge in [0, 0.05) is 36.7 Å². The number of para-hydroxylation sites is 1. The van der Waals surface area contributed by atoms with Crippen LogP contribution in [0.5, 0.6) is 0 Å². The Morgan fingerprint density at radius 3 is 2.57 bits per heavy atom. The summed E-state index contributed by atoms with van der Waals surface area (Å²) in [5.41, 5.74) is 2.36. The zero-order chi connectivity index (χ0) is 19.0. The third-order valence-corrected chi connectivity index (χ3v) is 7.23. The number of thiazole rings is 1. The molecular formula is C21H22IN3OS2. The summed E-state index contributed by atoms with van der Waals surface area (Å²) in [4.78, 5) is 16.5. The molecule has 0 spiro atoms. The van der Waals surface area contributed by atoms with Gasteiger partial charge >= 0.3 is 0 Å². The average Bonchev–Trinajstić information content (AvgIpc) is 3.19. The maximum absolute atomic E-state index is 13.1. The molecule has 3 aromatic rings. The predicted octanol–water partition coefficient (Wildman–Crippen LogP) is -0.622. The number of aryl methyl sites for hydroxylation is 1. The number of pyridine rings is 1. The van der Waals surface area contributed by atoms with Crippen LogP contribution in [0, 0.1) is 0 Å². The molecule has 0 saturated heterocycles. The van der Waals surface area contributed by atoms with Crippen LogP contribution in [0.3, 0.4) is 0 Å². The van der Waals surface area contributed by atoms with Crippen LogP contribution in [0.1, 0.15) is 19.5 Å². The van der Waals surface area contributed by atoms with Gasteiger partial charge in [-0.15, -0.1) is 11.3 Å². The first-order chi connectivity index (χ1) is 13.1. The fourth-order valence-electron chi connectivity index (χ4n) is 3.30. The van der Waals surface area contributed by atoms with E-state index in [1.54, 1.807) is 23.1 Å². The minimum Gasteiger partial charge on any atom is -1.00 e. The normalized spacial score (nSPS) is 15.5. The first-order valence-electron chi connectivity index (χ1n) is 9.08. The van der Waals surface area contributed by atoms with Crippen molar-refractivity contribution in [2.75, 3.05) is 11.9 Å². The molecule has 0 radical (unpaired) electrons. The molecule has 146 valence electrons. The van der Waals surface area contributed by atoms with E-state index in [2.05, 4.69) is 46.9 Å². The summed E-state index contributed by atoms with van der Waals surface area (Å²) in [5.74, 6) is 0. The highest BCUT2D eigenvalue weighted by Gasteiger charge is 2.24. The van der Waals surface area contributed by atoms with E-state index in [1.807, 2.05) is 42.8 Å². The number of aromatic nitrogens is 2. The zero-order valence-corrected chi connectivity index (χ0v) is 19.8. The summed E-state index contributed by atoms with van der Waals surface area (Å²) in [6, 6.07) is 14.4. The number of nitrogens with zero attached hydrogens (tertiary/aromatic N) is 3. The Bertz CT molecular complexity index is 1180. The molecule has 7 heteroatoms. The SMILES string of the molecule is CCn1c(=O)/c(=C2\Sc3ccccc3N2C)s/c1=C\c1cccc[n+]1CC.[I-]. The highest BCUT2D eigenvalue weighted by atomic mass is 127. The molecule has 0 saturated carbocycles. The molecular weight excluding hydrogens is 501 g/mol. The number of benzene rings is 1. The number of rotatable bonds is 3. The molecule has 0 unspecified atom stereocenters. The van der Waals surface area contributed by atoms with Crippen molar-refractivity contribution in [3.05, 3.63) is 73.9 Å². The third kappa shape index (κ3) is 3.67. The Hall–Kier alpha value is -1.58. The van der Waals surface area contributed by atoms with Crippen molar-refractivity contribution in [3.8, 4) is 0 Å².